The van der Waals surface area contributed by atoms with Gasteiger partial charge in [-0.1, -0.05) is 48.7 Å². The third-order valence-electron chi connectivity index (χ3n) is 5.35. The van der Waals surface area contributed by atoms with Gasteiger partial charge in [0.1, 0.15) is 12.6 Å². The summed E-state index contributed by atoms with van der Waals surface area (Å²) in [5, 5.41) is 3.80. The quantitative estimate of drug-likeness (QED) is 0.438. The predicted octanol–water partition coefficient (Wildman–Crippen LogP) is 4.40. The highest BCUT2D eigenvalue weighted by molar-refractivity contribution is 7.92. The van der Waals surface area contributed by atoms with E-state index in [1.54, 1.807) is 56.3 Å². The molecule has 0 aliphatic rings. The zero-order valence-electron chi connectivity index (χ0n) is 19.8. The summed E-state index contributed by atoms with van der Waals surface area (Å²) in [6, 6.07) is 10.9. The minimum absolute atomic E-state index is 0.0962. The number of nitrogens with zero attached hydrogens (tertiary/aromatic N) is 2. The van der Waals surface area contributed by atoms with Crippen molar-refractivity contribution >= 4 is 50.7 Å². The van der Waals surface area contributed by atoms with Crippen LogP contribution in [0.2, 0.25) is 10.0 Å². The molecule has 1 atom stereocenters. The van der Waals surface area contributed by atoms with Crippen LogP contribution in [0.4, 0.5) is 5.69 Å². The first kappa shape index (κ1) is 28.0. The van der Waals surface area contributed by atoms with E-state index in [4.69, 9.17) is 23.2 Å². The van der Waals surface area contributed by atoms with Crippen molar-refractivity contribution in [3.63, 3.8) is 0 Å². The summed E-state index contributed by atoms with van der Waals surface area (Å²) in [6.45, 7) is 5.49. The van der Waals surface area contributed by atoms with E-state index in [1.807, 2.05) is 6.92 Å². The third kappa shape index (κ3) is 7.89. The fraction of sp³-hybridized carbons (Fsp3) is 0.417. The fourth-order valence-electron chi connectivity index (χ4n) is 3.44. The van der Waals surface area contributed by atoms with Crippen molar-refractivity contribution in [3.05, 3.63) is 63.6 Å². The Morgan fingerprint density at radius 2 is 1.76 bits per heavy atom. The van der Waals surface area contributed by atoms with Crippen molar-refractivity contribution in [2.45, 2.75) is 46.2 Å². The second kappa shape index (κ2) is 12.4. The second-order valence-electron chi connectivity index (χ2n) is 8.17. The highest BCUT2D eigenvalue weighted by Gasteiger charge is 2.30. The number of unbranched alkanes of at least 4 members (excludes halogenated alkanes) is 1. The smallest absolute Gasteiger partial charge is 0.244 e. The summed E-state index contributed by atoms with van der Waals surface area (Å²) in [7, 11) is -3.80. The van der Waals surface area contributed by atoms with Crippen LogP contribution in [0.1, 0.15) is 37.8 Å². The van der Waals surface area contributed by atoms with Crippen LogP contribution in [0.3, 0.4) is 0 Å². The maximum Gasteiger partial charge on any atom is 0.244 e. The number of anilines is 1. The first-order valence-corrected chi connectivity index (χ1v) is 13.6. The number of halogens is 2. The van der Waals surface area contributed by atoms with E-state index in [2.05, 4.69) is 5.32 Å². The van der Waals surface area contributed by atoms with E-state index >= 15 is 0 Å². The SMILES string of the molecule is CCCCNC(=O)[C@H](C)N(Cc1cccc(Cl)c1)C(=O)CN(c1ccc(Cl)cc1C)S(C)(=O)=O. The van der Waals surface area contributed by atoms with Gasteiger partial charge >= 0.3 is 0 Å². The first-order chi connectivity index (χ1) is 15.9. The topological polar surface area (TPSA) is 86.8 Å². The number of hydrogen-bond donors (Lipinski definition) is 1. The molecule has 0 saturated carbocycles. The number of benzene rings is 2. The highest BCUT2D eigenvalue weighted by Crippen LogP contribution is 2.26. The molecule has 0 aromatic heterocycles. The van der Waals surface area contributed by atoms with Crippen molar-refractivity contribution < 1.29 is 18.0 Å². The molecule has 0 heterocycles. The van der Waals surface area contributed by atoms with Crippen molar-refractivity contribution in [1.29, 1.82) is 0 Å². The van der Waals surface area contributed by atoms with Crippen LogP contribution in [0, 0.1) is 6.92 Å². The summed E-state index contributed by atoms with van der Waals surface area (Å²) in [5.74, 6) is -0.824. The second-order valence-corrected chi connectivity index (χ2v) is 11.0. The van der Waals surface area contributed by atoms with E-state index in [0.717, 1.165) is 29.0 Å². The number of carbonyl (C=O) groups excluding carboxylic acids is 2. The molecule has 0 fully saturated rings. The van der Waals surface area contributed by atoms with Crippen LogP contribution in [-0.2, 0) is 26.2 Å². The Morgan fingerprint density at radius 1 is 1.09 bits per heavy atom. The number of nitrogens with one attached hydrogen (secondary N) is 1. The molecule has 0 aliphatic carbocycles. The lowest BCUT2D eigenvalue weighted by atomic mass is 10.1. The van der Waals surface area contributed by atoms with E-state index in [9.17, 15) is 18.0 Å². The van der Waals surface area contributed by atoms with Crippen molar-refractivity contribution in [2.75, 3.05) is 23.7 Å². The average Bonchev–Trinajstić information content (AvgIpc) is 2.75. The van der Waals surface area contributed by atoms with Gasteiger partial charge in [-0.05, 0) is 61.7 Å². The molecule has 10 heteroatoms. The van der Waals surface area contributed by atoms with Gasteiger partial charge in [0.25, 0.3) is 0 Å². The Morgan fingerprint density at radius 3 is 2.35 bits per heavy atom. The van der Waals surface area contributed by atoms with Gasteiger partial charge in [-0.3, -0.25) is 13.9 Å². The van der Waals surface area contributed by atoms with Crippen LogP contribution in [-0.4, -0.2) is 50.5 Å². The molecule has 186 valence electrons. The van der Waals surface area contributed by atoms with Crippen molar-refractivity contribution in [3.8, 4) is 0 Å². The molecule has 0 unspecified atom stereocenters. The lowest BCUT2D eigenvalue weighted by Gasteiger charge is -2.32. The first-order valence-electron chi connectivity index (χ1n) is 11.0. The monoisotopic (exact) mass is 527 g/mol. The molecule has 0 spiro atoms. The van der Waals surface area contributed by atoms with Gasteiger partial charge in [0.15, 0.2) is 0 Å². The predicted molar refractivity (Wildman–Crippen MR) is 138 cm³/mol. The van der Waals surface area contributed by atoms with Crippen LogP contribution in [0.15, 0.2) is 42.5 Å². The van der Waals surface area contributed by atoms with Crippen molar-refractivity contribution in [1.82, 2.24) is 10.2 Å². The van der Waals surface area contributed by atoms with Gasteiger partial charge < -0.3 is 10.2 Å². The number of aryl methyl sites for hydroxylation is 1. The van der Waals surface area contributed by atoms with Gasteiger partial charge in [-0.15, -0.1) is 0 Å². The minimum atomic E-state index is -3.80. The van der Waals surface area contributed by atoms with Crippen LogP contribution >= 0.6 is 23.2 Å². The normalized spacial score (nSPS) is 12.2. The number of amides is 2. The molecule has 2 aromatic rings. The molecule has 2 rings (SSSR count). The van der Waals surface area contributed by atoms with Crippen LogP contribution in [0.5, 0.6) is 0 Å². The van der Waals surface area contributed by atoms with Crippen molar-refractivity contribution in [2.24, 2.45) is 0 Å². The molecule has 1 N–H and O–H groups in total. The molecule has 2 amide bonds. The standard InChI is InChI=1S/C24H31Cl2N3O4S/c1-5-6-12-27-24(31)18(3)28(15-19-8-7-9-20(25)14-19)23(30)16-29(34(4,32)33)22-11-10-21(26)13-17(22)2/h7-11,13-14,18H,5-6,12,15-16H2,1-4H3,(H,27,31)/t18-/m0/s1. The van der Waals surface area contributed by atoms with Gasteiger partial charge in [0.05, 0.1) is 11.9 Å². The molecular formula is C24H31Cl2N3O4S. The molecular weight excluding hydrogens is 497 g/mol. The molecule has 0 bridgehead atoms. The molecule has 2 aromatic carbocycles. The lowest BCUT2D eigenvalue weighted by molar-refractivity contribution is -0.139. The molecule has 7 nitrogen and oxygen atoms in total. The minimum Gasteiger partial charge on any atom is -0.354 e. The Bertz CT molecular complexity index is 1120. The molecule has 34 heavy (non-hydrogen) atoms. The summed E-state index contributed by atoms with van der Waals surface area (Å²) >= 11 is 12.1. The number of rotatable bonds is 11. The summed E-state index contributed by atoms with van der Waals surface area (Å²) in [6.07, 6.45) is 2.78. The average molecular weight is 529 g/mol. The van der Waals surface area contributed by atoms with Gasteiger partial charge in [-0.2, -0.15) is 0 Å². The Hall–Kier alpha value is -2.29. The van der Waals surface area contributed by atoms with E-state index in [1.165, 1.54) is 4.90 Å². The third-order valence-corrected chi connectivity index (χ3v) is 6.94. The fourth-order valence-corrected chi connectivity index (χ4v) is 4.79. The maximum absolute atomic E-state index is 13.5. The maximum atomic E-state index is 13.5. The molecule has 0 aliphatic heterocycles. The summed E-state index contributed by atoms with van der Waals surface area (Å²) in [5.41, 5.74) is 1.68. The number of hydrogen-bond acceptors (Lipinski definition) is 4. The summed E-state index contributed by atoms with van der Waals surface area (Å²) < 4.78 is 26.3. The summed E-state index contributed by atoms with van der Waals surface area (Å²) in [4.78, 5) is 27.7. The molecule has 0 saturated heterocycles. The zero-order valence-corrected chi connectivity index (χ0v) is 22.2. The van der Waals surface area contributed by atoms with E-state index < -0.39 is 28.5 Å². The number of carbonyl (C=O) groups is 2. The molecule has 0 radical (unpaired) electrons. The Kier molecular flexibility index (Phi) is 10.2. The lowest BCUT2D eigenvalue weighted by Crippen LogP contribution is -2.51. The van der Waals surface area contributed by atoms with Crippen LogP contribution < -0.4 is 9.62 Å². The largest absolute Gasteiger partial charge is 0.354 e. The van der Waals surface area contributed by atoms with Gasteiger partial charge in [0, 0.05) is 23.1 Å². The Balaban J connectivity index is 2.38. The van der Waals surface area contributed by atoms with Gasteiger partial charge in [0.2, 0.25) is 21.8 Å². The highest BCUT2D eigenvalue weighted by atomic mass is 35.5. The van der Waals surface area contributed by atoms with Crippen LogP contribution in [0.25, 0.3) is 0 Å². The Labute approximate surface area is 212 Å². The zero-order chi connectivity index (χ0) is 25.5. The van der Waals surface area contributed by atoms with Gasteiger partial charge in [-0.25, -0.2) is 8.42 Å². The van der Waals surface area contributed by atoms with E-state index in [0.29, 0.717) is 27.8 Å². The van der Waals surface area contributed by atoms with E-state index in [-0.39, 0.29) is 12.5 Å². The number of sulfonamides is 1.